The Morgan fingerprint density at radius 2 is 1.88 bits per heavy atom. The van der Waals surface area contributed by atoms with Crippen molar-refractivity contribution in [2.45, 2.75) is 33.7 Å². The standard InChI is InChI=1S/C13H18ClNO2/c1-8(2)15-12(16)7-17-13-9(3)5-11(14)6-10(13)4/h5-6,8H,7H2,1-4H3,(H,15,16). The van der Waals surface area contributed by atoms with Gasteiger partial charge in [0.25, 0.3) is 5.91 Å². The van der Waals surface area contributed by atoms with Crippen LogP contribution >= 0.6 is 11.6 Å². The van der Waals surface area contributed by atoms with Crippen LogP contribution < -0.4 is 10.1 Å². The maximum Gasteiger partial charge on any atom is 0.258 e. The molecule has 0 saturated heterocycles. The first kappa shape index (κ1) is 13.8. The van der Waals surface area contributed by atoms with Gasteiger partial charge in [0, 0.05) is 11.1 Å². The Balaban J connectivity index is 2.67. The number of hydrogen-bond donors (Lipinski definition) is 1. The normalized spacial score (nSPS) is 10.5. The Morgan fingerprint density at radius 1 is 1.35 bits per heavy atom. The lowest BCUT2D eigenvalue weighted by Crippen LogP contribution is -2.34. The van der Waals surface area contributed by atoms with Gasteiger partial charge in [-0.25, -0.2) is 0 Å². The summed E-state index contributed by atoms with van der Waals surface area (Å²) in [6.45, 7) is 7.68. The first-order valence-corrected chi connectivity index (χ1v) is 5.97. The van der Waals surface area contributed by atoms with Crippen LogP contribution in [0.3, 0.4) is 0 Å². The summed E-state index contributed by atoms with van der Waals surface area (Å²) in [6.07, 6.45) is 0. The van der Waals surface area contributed by atoms with Gasteiger partial charge in [-0.05, 0) is 51.0 Å². The fourth-order valence-corrected chi connectivity index (χ4v) is 1.95. The van der Waals surface area contributed by atoms with E-state index >= 15 is 0 Å². The number of benzene rings is 1. The molecule has 0 spiro atoms. The average molecular weight is 256 g/mol. The molecule has 1 aromatic carbocycles. The summed E-state index contributed by atoms with van der Waals surface area (Å²) < 4.78 is 5.51. The SMILES string of the molecule is Cc1cc(Cl)cc(C)c1OCC(=O)NC(C)C. The minimum absolute atomic E-state index is 0.0293. The number of carbonyl (C=O) groups excluding carboxylic acids is 1. The molecule has 17 heavy (non-hydrogen) atoms. The Bertz CT molecular complexity index is 393. The predicted molar refractivity (Wildman–Crippen MR) is 69.7 cm³/mol. The lowest BCUT2D eigenvalue weighted by Gasteiger charge is -2.13. The topological polar surface area (TPSA) is 38.3 Å². The van der Waals surface area contributed by atoms with Crippen molar-refractivity contribution in [2.24, 2.45) is 0 Å². The highest BCUT2D eigenvalue weighted by atomic mass is 35.5. The molecule has 0 fully saturated rings. The van der Waals surface area contributed by atoms with E-state index in [9.17, 15) is 4.79 Å². The molecule has 0 atom stereocenters. The second kappa shape index (κ2) is 5.92. The minimum atomic E-state index is -0.117. The van der Waals surface area contributed by atoms with Crippen LogP contribution in [0.2, 0.25) is 5.02 Å². The molecule has 0 aromatic heterocycles. The third kappa shape index (κ3) is 4.27. The number of aryl methyl sites for hydroxylation is 2. The Labute approximate surface area is 107 Å². The molecule has 0 aliphatic rings. The quantitative estimate of drug-likeness (QED) is 0.899. The van der Waals surface area contributed by atoms with Gasteiger partial charge in [-0.2, -0.15) is 0 Å². The van der Waals surface area contributed by atoms with Crippen molar-refractivity contribution in [3.63, 3.8) is 0 Å². The summed E-state index contributed by atoms with van der Waals surface area (Å²) >= 11 is 5.92. The largest absolute Gasteiger partial charge is 0.483 e. The molecule has 1 N–H and O–H groups in total. The van der Waals surface area contributed by atoms with Gasteiger partial charge in [-0.15, -0.1) is 0 Å². The number of nitrogens with one attached hydrogen (secondary N) is 1. The summed E-state index contributed by atoms with van der Waals surface area (Å²) in [5.41, 5.74) is 1.87. The zero-order valence-electron chi connectivity index (χ0n) is 10.6. The zero-order chi connectivity index (χ0) is 13.0. The Morgan fingerprint density at radius 3 is 2.35 bits per heavy atom. The second-order valence-corrected chi connectivity index (χ2v) is 4.82. The summed E-state index contributed by atoms with van der Waals surface area (Å²) in [5, 5.41) is 3.45. The Kier molecular flexibility index (Phi) is 4.82. The van der Waals surface area contributed by atoms with Crippen LogP contribution in [-0.2, 0) is 4.79 Å². The summed E-state index contributed by atoms with van der Waals surface area (Å²) in [6, 6.07) is 3.77. The highest BCUT2D eigenvalue weighted by molar-refractivity contribution is 6.30. The van der Waals surface area contributed by atoms with Crippen molar-refractivity contribution in [2.75, 3.05) is 6.61 Å². The van der Waals surface area contributed by atoms with Gasteiger partial charge in [0.2, 0.25) is 0 Å². The van der Waals surface area contributed by atoms with E-state index in [1.54, 1.807) is 0 Å². The fourth-order valence-electron chi connectivity index (χ4n) is 1.63. The van der Waals surface area contributed by atoms with Crippen molar-refractivity contribution in [1.82, 2.24) is 5.32 Å². The molecule has 94 valence electrons. The lowest BCUT2D eigenvalue weighted by atomic mass is 10.1. The van der Waals surface area contributed by atoms with Gasteiger partial charge in [0.05, 0.1) is 0 Å². The van der Waals surface area contributed by atoms with Crippen molar-refractivity contribution in [3.05, 3.63) is 28.3 Å². The minimum Gasteiger partial charge on any atom is -0.483 e. The third-order valence-electron chi connectivity index (χ3n) is 2.22. The summed E-state index contributed by atoms with van der Waals surface area (Å²) in [5.74, 6) is 0.613. The molecule has 1 rings (SSSR count). The predicted octanol–water partition coefficient (Wildman–Crippen LogP) is 2.86. The molecule has 0 radical (unpaired) electrons. The van der Waals surface area contributed by atoms with E-state index in [0.29, 0.717) is 5.02 Å². The smallest absolute Gasteiger partial charge is 0.258 e. The molecule has 0 heterocycles. The van der Waals surface area contributed by atoms with Gasteiger partial charge in [-0.3, -0.25) is 4.79 Å². The van der Waals surface area contributed by atoms with Crippen LogP contribution in [0, 0.1) is 13.8 Å². The zero-order valence-corrected chi connectivity index (χ0v) is 11.4. The first-order chi connectivity index (χ1) is 7.90. The fraction of sp³-hybridized carbons (Fsp3) is 0.462. The van der Waals surface area contributed by atoms with Gasteiger partial charge in [0.1, 0.15) is 5.75 Å². The maximum atomic E-state index is 11.5. The van der Waals surface area contributed by atoms with E-state index in [-0.39, 0.29) is 18.6 Å². The number of hydrogen-bond acceptors (Lipinski definition) is 2. The van der Waals surface area contributed by atoms with Gasteiger partial charge >= 0.3 is 0 Å². The number of rotatable bonds is 4. The number of carbonyl (C=O) groups is 1. The molecule has 4 heteroatoms. The van der Waals surface area contributed by atoms with E-state index in [2.05, 4.69) is 5.32 Å². The van der Waals surface area contributed by atoms with Crippen LogP contribution in [-0.4, -0.2) is 18.6 Å². The molecule has 0 aliphatic carbocycles. The van der Waals surface area contributed by atoms with Crippen molar-refractivity contribution < 1.29 is 9.53 Å². The van der Waals surface area contributed by atoms with Crippen LogP contribution in [0.25, 0.3) is 0 Å². The van der Waals surface area contributed by atoms with Crippen molar-refractivity contribution >= 4 is 17.5 Å². The van der Waals surface area contributed by atoms with Crippen LogP contribution in [0.5, 0.6) is 5.75 Å². The van der Waals surface area contributed by atoms with Gasteiger partial charge < -0.3 is 10.1 Å². The summed E-state index contributed by atoms with van der Waals surface area (Å²) in [7, 11) is 0. The molecule has 0 unspecified atom stereocenters. The number of halogens is 1. The summed E-state index contributed by atoms with van der Waals surface area (Å²) in [4.78, 5) is 11.5. The Hall–Kier alpha value is -1.22. The van der Waals surface area contributed by atoms with Gasteiger partial charge in [0.15, 0.2) is 6.61 Å². The average Bonchev–Trinajstić information content (AvgIpc) is 2.14. The van der Waals surface area contributed by atoms with Crippen LogP contribution in [0.1, 0.15) is 25.0 Å². The highest BCUT2D eigenvalue weighted by Gasteiger charge is 2.09. The van der Waals surface area contributed by atoms with Crippen molar-refractivity contribution in [1.29, 1.82) is 0 Å². The molecule has 1 aromatic rings. The monoisotopic (exact) mass is 255 g/mol. The second-order valence-electron chi connectivity index (χ2n) is 4.38. The van der Waals surface area contributed by atoms with Gasteiger partial charge in [-0.1, -0.05) is 11.6 Å². The van der Waals surface area contributed by atoms with E-state index < -0.39 is 0 Å². The molecule has 0 saturated carbocycles. The molecule has 1 amide bonds. The highest BCUT2D eigenvalue weighted by Crippen LogP contribution is 2.26. The van der Waals surface area contributed by atoms with E-state index in [0.717, 1.165) is 16.9 Å². The number of ether oxygens (including phenoxy) is 1. The van der Waals surface area contributed by atoms with Crippen LogP contribution in [0.15, 0.2) is 12.1 Å². The number of amides is 1. The lowest BCUT2D eigenvalue weighted by molar-refractivity contribution is -0.123. The van der Waals surface area contributed by atoms with E-state index in [4.69, 9.17) is 16.3 Å². The first-order valence-electron chi connectivity index (χ1n) is 5.59. The molecular weight excluding hydrogens is 238 g/mol. The molecular formula is C13H18ClNO2. The van der Waals surface area contributed by atoms with Crippen molar-refractivity contribution in [3.8, 4) is 5.75 Å². The van der Waals surface area contributed by atoms with E-state index in [1.807, 2.05) is 39.8 Å². The molecule has 3 nitrogen and oxygen atoms in total. The third-order valence-corrected chi connectivity index (χ3v) is 2.44. The maximum absolute atomic E-state index is 11.5. The molecule has 0 aliphatic heterocycles. The van der Waals surface area contributed by atoms with E-state index in [1.165, 1.54) is 0 Å². The molecule has 0 bridgehead atoms. The van der Waals surface area contributed by atoms with Crippen LogP contribution in [0.4, 0.5) is 0 Å².